The van der Waals surface area contributed by atoms with Gasteiger partial charge in [0.15, 0.2) is 0 Å². The number of rotatable bonds is 10. The summed E-state index contributed by atoms with van der Waals surface area (Å²) in [5.74, 6) is -0.0996. The molecule has 1 heterocycles. The summed E-state index contributed by atoms with van der Waals surface area (Å²) in [4.78, 5) is 41.0. The third kappa shape index (κ3) is 8.11. The molecule has 2 aromatic carbocycles. The fourth-order valence-corrected chi connectivity index (χ4v) is 4.55. The molecular weight excluding hydrogens is 513 g/mol. The van der Waals surface area contributed by atoms with Gasteiger partial charge in [0.1, 0.15) is 0 Å². The third-order valence-electron chi connectivity index (χ3n) is 6.70. The Kier molecular flexibility index (Phi) is 9.82. The number of halogens is 3. The lowest BCUT2D eigenvalue weighted by Gasteiger charge is -2.31. The number of nitrogens with one attached hydrogen (secondary N) is 1. The van der Waals surface area contributed by atoms with E-state index in [9.17, 15) is 32.7 Å². The standard InChI is InChI=1S/C28H35F3N4O4/c1-19(2)15-25(36)34-12-11-22-20(17-34)8-6-10-24(22)32-16-26(37)35(14-13-33(3)27(38)39)18-21-7-4-5-9-23(21)28(29,30)31/h4-10,19,32H,11-18H2,1-3H3,(H,38,39). The highest BCUT2D eigenvalue weighted by Crippen LogP contribution is 2.32. The average molecular weight is 549 g/mol. The number of likely N-dealkylation sites (N-methyl/N-ethyl adjacent to an activating group) is 1. The Balaban J connectivity index is 1.74. The molecule has 0 saturated carbocycles. The number of carboxylic acid groups (broad SMARTS) is 1. The molecule has 0 saturated heterocycles. The van der Waals surface area contributed by atoms with Crippen molar-refractivity contribution >= 4 is 23.6 Å². The van der Waals surface area contributed by atoms with Crippen LogP contribution >= 0.6 is 0 Å². The lowest BCUT2D eigenvalue weighted by Crippen LogP contribution is -2.41. The van der Waals surface area contributed by atoms with Gasteiger partial charge < -0.3 is 25.1 Å². The van der Waals surface area contributed by atoms with Crippen LogP contribution in [-0.4, -0.2) is 70.9 Å². The highest BCUT2D eigenvalue weighted by Gasteiger charge is 2.33. The minimum absolute atomic E-state index is 0.0593. The number of anilines is 1. The van der Waals surface area contributed by atoms with E-state index in [0.29, 0.717) is 25.9 Å². The minimum atomic E-state index is -4.59. The molecule has 2 N–H and O–H groups in total. The van der Waals surface area contributed by atoms with Crippen LogP contribution in [0.25, 0.3) is 0 Å². The van der Waals surface area contributed by atoms with E-state index in [2.05, 4.69) is 5.32 Å². The summed E-state index contributed by atoms with van der Waals surface area (Å²) >= 11 is 0. The van der Waals surface area contributed by atoms with Gasteiger partial charge in [-0.3, -0.25) is 9.59 Å². The number of benzene rings is 2. The van der Waals surface area contributed by atoms with Gasteiger partial charge in [-0.15, -0.1) is 0 Å². The van der Waals surface area contributed by atoms with Crippen LogP contribution in [0.15, 0.2) is 42.5 Å². The van der Waals surface area contributed by atoms with Crippen molar-refractivity contribution in [2.24, 2.45) is 5.92 Å². The molecule has 39 heavy (non-hydrogen) atoms. The first-order valence-corrected chi connectivity index (χ1v) is 12.9. The van der Waals surface area contributed by atoms with Gasteiger partial charge in [-0.2, -0.15) is 13.2 Å². The summed E-state index contributed by atoms with van der Waals surface area (Å²) < 4.78 is 40.7. The zero-order chi connectivity index (χ0) is 28.7. The predicted molar refractivity (Wildman–Crippen MR) is 141 cm³/mol. The van der Waals surface area contributed by atoms with Crippen molar-refractivity contribution in [3.63, 3.8) is 0 Å². The van der Waals surface area contributed by atoms with Crippen LogP contribution in [-0.2, 0) is 35.3 Å². The molecule has 0 spiro atoms. The van der Waals surface area contributed by atoms with Crippen molar-refractivity contribution in [1.29, 1.82) is 0 Å². The summed E-state index contributed by atoms with van der Waals surface area (Å²) in [7, 11) is 1.33. The maximum absolute atomic E-state index is 13.6. The van der Waals surface area contributed by atoms with Crippen molar-refractivity contribution in [2.45, 2.75) is 46.0 Å². The predicted octanol–water partition coefficient (Wildman–Crippen LogP) is 4.69. The molecule has 1 aliphatic heterocycles. The van der Waals surface area contributed by atoms with Gasteiger partial charge >= 0.3 is 12.3 Å². The highest BCUT2D eigenvalue weighted by molar-refractivity contribution is 5.81. The van der Waals surface area contributed by atoms with Gasteiger partial charge in [-0.1, -0.05) is 44.2 Å². The zero-order valence-corrected chi connectivity index (χ0v) is 22.4. The highest BCUT2D eigenvalue weighted by atomic mass is 19.4. The molecule has 0 aromatic heterocycles. The molecule has 3 amide bonds. The van der Waals surface area contributed by atoms with E-state index in [1.807, 2.05) is 36.9 Å². The topological polar surface area (TPSA) is 93.2 Å². The van der Waals surface area contributed by atoms with Crippen molar-refractivity contribution in [2.75, 3.05) is 38.5 Å². The van der Waals surface area contributed by atoms with E-state index in [4.69, 9.17) is 0 Å². The van der Waals surface area contributed by atoms with Crippen molar-refractivity contribution in [3.05, 3.63) is 64.7 Å². The van der Waals surface area contributed by atoms with Crippen LogP contribution in [0.3, 0.4) is 0 Å². The van der Waals surface area contributed by atoms with Gasteiger partial charge in [0.25, 0.3) is 0 Å². The van der Waals surface area contributed by atoms with Crippen LogP contribution < -0.4 is 5.32 Å². The number of carbonyl (C=O) groups excluding carboxylic acids is 2. The summed E-state index contributed by atoms with van der Waals surface area (Å²) in [6.07, 6.45) is -4.70. The van der Waals surface area contributed by atoms with Gasteiger partial charge in [-0.05, 0) is 41.2 Å². The quantitative estimate of drug-likeness (QED) is 0.450. The van der Waals surface area contributed by atoms with Crippen molar-refractivity contribution < 1.29 is 32.7 Å². The van der Waals surface area contributed by atoms with E-state index in [0.717, 1.165) is 27.8 Å². The lowest BCUT2D eigenvalue weighted by atomic mass is 9.97. The Morgan fingerprint density at radius 3 is 2.46 bits per heavy atom. The smallest absolute Gasteiger partial charge is 0.416 e. The SMILES string of the molecule is CC(C)CC(=O)N1CCc2c(cccc2NCC(=O)N(CCN(C)C(=O)O)Cc2ccccc2C(F)(F)F)C1. The Hall–Kier alpha value is -3.76. The zero-order valence-electron chi connectivity index (χ0n) is 22.4. The number of fused-ring (bicyclic) bond motifs is 1. The first kappa shape index (κ1) is 29.8. The Morgan fingerprint density at radius 1 is 1.08 bits per heavy atom. The maximum atomic E-state index is 13.6. The summed E-state index contributed by atoms with van der Waals surface area (Å²) in [5, 5.41) is 12.3. The van der Waals surface area contributed by atoms with Crippen LogP contribution in [0, 0.1) is 5.92 Å². The molecule has 0 atom stereocenters. The molecule has 0 radical (unpaired) electrons. The first-order chi connectivity index (χ1) is 18.4. The number of hydrogen-bond donors (Lipinski definition) is 2. The maximum Gasteiger partial charge on any atom is 0.416 e. The van der Waals surface area contributed by atoms with Crippen molar-refractivity contribution in [3.8, 4) is 0 Å². The number of hydrogen-bond acceptors (Lipinski definition) is 4. The second kappa shape index (κ2) is 12.9. The number of amides is 3. The van der Waals surface area contributed by atoms with E-state index in [1.54, 1.807) is 0 Å². The summed E-state index contributed by atoms with van der Waals surface area (Å²) in [6.45, 7) is 4.41. The fraction of sp³-hybridized carbons (Fsp3) is 0.464. The number of alkyl halides is 3. The number of carbonyl (C=O) groups is 3. The molecule has 2 aromatic rings. The monoisotopic (exact) mass is 548 g/mol. The van der Waals surface area contributed by atoms with Gasteiger partial charge in [0.05, 0.1) is 12.1 Å². The third-order valence-corrected chi connectivity index (χ3v) is 6.70. The number of nitrogens with zero attached hydrogens (tertiary/aromatic N) is 3. The minimum Gasteiger partial charge on any atom is -0.465 e. The lowest BCUT2D eigenvalue weighted by molar-refractivity contribution is -0.139. The van der Waals surface area contributed by atoms with E-state index in [-0.39, 0.29) is 43.6 Å². The molecule has 11 heteroatoms. The van der Waals surface area contributed by atoms with Crippen molar-refractivity contribution in [1.82, 2.24) is 14.7 Å². The van der Waals surface area contributed by atoms with Gasteiger partial charge in [0, 0.05) is 51.9 Å². The second-order valence-electron chi connectivity index (χ2n) is 10.1. The Labute approximate surface area is 226 Å². The molecule has 0 aliphatic carbocycles. The van der Waals surface area contributed by atoms with Crippen LogP contribution in [0.1, 0.15) is 42.5 Å². The van der Waals surface area contributed by atoms with Crippen LogP contribution in [0.4, 0.5) is 23.7 Å². The molecule has 3 rings (SSSR count). The van der Waals surface area contributed by atoms with E-state index in [1.165, 1.54) is 30.1 Å². The summed E-state index contributed by atoms with van der Waals surface area (Å²) in [5.41, 5.74) is 1.80. The van der Waals surface area contributed by atoms with Crippen LogP contribution in [0.2, 0.25) is 0 Å². The van der Waals surface area contributed by atoms with E-state index >= 15 is 0 Å². The Bertz CT molecular complexity index is 1190. The second-order valence-corrected chi connectivity index (χ2v) is 10.1. The molecule has 0 fully saturated rings. The van der Waals surface area contributed by atoms with Crippen LogP contribution in [0.5, 0.6) is 0 Å². The van der Waals surface area contributed by atoms with Gasteiger partial charge in [0.2, 0.25) is 11.8 Å². The Morgan fingerprint density at radius 2 is 1.79 bits per heavy atom. The normalized spacial score (nSPS) is 13.2. The van der Waals surface area contributed by atoms with Gasteiger partial charge in [-0.25, -0.2) is 4.79 Å². The molecule has 0 unspecified atom stereocenters. The molecule has 1 aliphatic rings. The molecule has 212 valence electrons. The molecular formula is C28H35F3N4O4. The first-order valence-electron chi connectivity index (χ1n) is 12.9. The molecule has 8 nitrogen and oxygen atoms in total. The summed E-state index contributed by atoms with van der Waals surface area (Å²) in [6, 6.07) is 10.6. The van der Waals surface area contributed by atoms with E-state index < -0.39 is 23.7 Å². The average Bonchev–Trinajstić information content (AvgIpc) is 2.88. The molecule has 0 bridgehead atoms. The largest absolute Gasteiger partial charge is 0.465 e. The fourth-order valence-electron chi connectivity index (χ4n) is 4.55.